The molecule has 0 saturated heterocycles. The van der Waals surface area contributed by atoms with Crippen LogP contribution >= 0.6 is 11.3 Å². The van der Waals surface area contributed by atoms with Gasteiger partial charge in [0.25, 0.3) is 0 Å². The molecule has 2 unspecified atom stereocenters. The van der Waals surface area contributed by atoms with Crippen molar-refractivity contribution in [1.29, 1.82) is 0 Å². The Kier molecular flexibility index (Phi) is 4.45. The first kappa shape index (κ1) is 12.7. The van der Waals surface area contributed by atoms with E-state index in [2.05, 4.69) is 10.0 Å². The van der Waals surface area contributed by atoms with Gasteiger partial charge in [-0.15, -0.1) is 11.3 Å². The van der Waals surface area contributed by atoms with Crippen LogP contribution in [0.15, 0.2) is 17.2 Å². The molecule has 7 heteroatoms. The highest BCUT2D eigenvalue weighted by molar-refractivity contribution is 7.14. The summed E-state index contributed by atoms with van der Waals surface area (Å²) in [5.41, 5.74) is 8.07. The second kappa shape index (κ2) is 5.62. The third-order valence-electron chi connectivity index (χ3n) is 1.96. The summed E-state index contributed by atoms with van der Waals surface area (Å²) < 4.78 is 0. The zero-order valence-corrected chi connectivity index (χ0v) is 9.39. The predicted molar refractivity (Wildman–Crippen MR) is 59.3 cm³/mol. The van der Waals surface area contributed by atoms with Crippen LogP contribution in [0.3, 0.4) is 0 Å². The first-order chi connectivity index (χ1) is 7.56. The van der Waals surface area contributed by atoms with E-state index in [4.69, 9.17) is 5.53 Å². The minimum atomic E-state index is -1.16. The van der Waals surface area contributed by atoms with E-state index in [0.29, 0.717) is 9.75 Å². The molecule has 0 aromatic carbocycles. The summed E-state index contributed by atoms with van der Waals surface area (Å²) in [7, 11) is 0. The molecule has 2 N–H and O–H groups in total. The molecule has 0 saturated carbocycles. The maximum absolute atomic E-state index is 11.0. The molecule has 1 aromatic rings. The molecule has 1 heterocycles. The highest BCUT2D eigenvalue weighted by Gasteiger charge is 2.20. The minimum absolute atomic E-state index is 0.0898. The van der Waals surface area contributed by atoms with E-state index in [1.54, 1.807) is 12.1 Å². The lowest BCUT2D eigenvalue weighted by atomic mass is 10.2. The summed E-state index contributed by atoms with van der Waals surface area (Å²) in [4.78, 5) is 14.5. The Bertz CT molecular complexity index is 425. The van der Waals surface area contributed by atoms with Crippen molar-refractivity contribution in [2.24, 2.45) is 5.11 Å². The Morgan fingerprint density at radius 3 is 2.81 bits per heavy atom. The number of rotatable bonds is 5. The number of aliphatic hydroxyl groups is 2. The lowest BCUT2D eigenvalue weighted by Gasteiger charge is -2.13. The molecule has 6 nitrogen and oxygen atoms in total. The number of nitrogens with zero attached hydrogens (tertiary/aromatic N) is 3. The Morgan fingerprint density at radius 1 is 1.62 bits per heavy atom. The molecule has 0 fully saturated rings. The van der Waals surface area contributed by atoms with Gasteiger partial charge in [-0.25, -0.2) is 0 Å². The van der Waals surface area contributed by atoms with Crippen molar-refractivity contribution in [2.45, 2.75) is 19.1 Å². The molecule has 16 heavy (non-hydrogen) atoms. The SMILES string of the molecule is CC(=O)c1ccc(C(O)C(O)CN=[N+]=[N-])s1. The third-order valence-corrected chi connectivity index (χ3v) is 3.22. The van der Waals surface area contributed by atoms with Gasteiger partial charge in [0, 0.05) is 9.79 Å². The van der Waals surface area contributed by atoms with Gasteiger partial charge in [-0.1, -0.05) is 5.11 Å². The zero-order valence-electron chi connectivity index (χ0n) is 8.57. The Morgan fingerprint density at radius 2 is 2.31 bits per heavy atom. The summed E-state index contributed by atoms with van der Waals surface area (Å²) in [5, 5.41) is 22.3. The fourth-order valence-electron chi connectivity index (χ4n) is 1.11. The van der Waals surface area contributed by atoms with Crippen molar-refractivity contribution in [2.75, 3.05) is 6.54 Å². The summed E-state index contributed by atoms with van der Waals surface area (Å²) in [6.07, 6.45) is -2.29. The normalized spacial score (nSPS) is 13.9. The van der Waals surface area contributed by atoms with E-state index in [-0.39, 0.29) is 12.3 Å². The fourth-order valence-corrected chi connectivity index (χ4v) is 2.06. The molecule has 0 spiro atoms. The Balaban J connectivity index is 2.75. The van der Waals surface area contributed by atoms with Crippen molar-refractivity contribution in [3.63, 3.8) is 0 Å². The van der Waals surface area contributed by atoms with Crippen LogP contribution < -0.4 is 0 Å². The van der Waals surface area contributed by atoms with Crippen LogP contribution in [0.5, 0.6) is 0 Å². The quantitative estimate of drug-likeness (QED) is 0.354. The number of hydrogen-bond acceptors (Lipinski definition) is 5. The number of aliphatic hydroxyl groups excluding tert-OH is 2. The van der Waals surface area contributed by atoms with E-state index in [0.717, 1.165) is 11.3 Å². The second-order valence-corrected chi connectivity index (χ2v) is 4.30. The van der Waals surface area contributed by atoms with Gasteiger partial charge in [0.15, 0.2) is 5.78 Å². The molecule has 1 aromatic heterocycles. The molecule has 0 amide bonds. The summed E-state index contributed by atoms with van der Waals surface area (Å²) in [6, 6.07) is 3.16. The molecule has 0 aliphatic carbocycles. The van der Waals surface area contributed by atoms with Gasteiger partial charge in [-0.05, 0) is 24.6 Å². The Hall–Kier alpha value is -1.40. The van der Waals surface area contributed by atoms with Crippen molar-refractivity contribution in [3.05, 3.63) is 32.3 Å². The predicted octanol–water partition coefficient (Wildman–Crippen LogP) is 1.66. The number of Topliss-reactive ketones (excluding diaryl/α,β-unsaturated/α-hetero) is 1. The number of carbonyl (C=O) groups is 1. The summed E-state index contributed by atoms with van der Waals surface area (Å²) in [6.45, 7) is 1.23. The molecule has 1 rings (SSSR count). The van der Waals surface area contributed by atoms with Gasteiger partial charge in [-0.3, -0.25) is 4.79 Å². The minimum Gasteiger partial charge on any atom is -0.390 e. The monoisotopic (exact) mass is 241 g/mol. The van der Waals surface area contributed by atoms with Gasteiger partial charge >= 0.3 is 0 Å². The highest BCUT2D eigenvalue weighted by Crippen LogP contribution is 2.26. The molecule has 2 atom stereocenters. The fraction of sp³-hybridized carbons (Fsp3) is 0.444. The van der Waals surface area contributed by atoms with E-state index in [1.165, 1.54) is 6.92 Å². The Labute approximate surface area is 95.8 Å². The van der Waals surface area contributed by atoms with Crippen LogP contribution in [0.25, 0.3) is 10.4 Å². The van der Waals surface area contributed by atoms with Crippen LogP contribution in [0.1, 0.15) is 27.6 Å². The average Bonchev–Trinajstić information content (AvgIpc) is 2.74. The lowest BCUT2D eigenvalue weighted by molar-refractivity contribution is 0.0266. The van der Waals surface area contributed by atoms with Crippen molar-refractivity contribution in [3.8, 4) is 0 Å². The largest absolute Gasteiger partial charge is 0.390 e. The number of hydrogen-bond donors (Lipinski definition) is 2. The average molecular weight is 241 g/mol. The van der Waals surface area contributed by atoms with Gasteiger partial charge in [0.1, 0.15) is 6.10 Å². The van der Waals surface area contributed by atoms with E-state index < -0.39 is 12.2 Å². The van der Waals surface area contributed by atoms with Crippen LogP contribution in [-0.4, -0.2) is 28.6 Å². The van der Waals surface area contributed by atoms with E-state index in [1.807, 2.05) is 0 Å². The first-order valence-electron chi connectivity index (χ1n) is 4.54. The van der Waals surface area contributed by atoms with Crippen molar-refractivity contribution in [1.82, 2.24) is 0 Å². The first-order valence-corrected chi connectivity index (χ1v) is 5.35. The number of ketones is 1. The zero-order chi connectivity index (χ0) is 12.1. The van der Waals surface area contributed by atoms with Crippen molar-refractivity contribution >= 4 is 17.1 Å². The lowest BCUT2D eigenvalue weighted by Crippen LogP contribution is -2.20. The maximum atomic E-state index is 11.0. The van der Waals surface area contributed by atoms with Gasteiger partial charge in [0.05, 0.1) is 17.5 Å². The molecule has 86 valence electrons. The standard InChI is InChI=1S/C9H11N3O3S/c1-5(13)7-2-3-8(16-7)9(15)6(14)4-11-12-10/h2-3,6,9,14-15H,4H2,1H3. The highest BCUT2D eigenvalue weighted by atomic mass is 32.1. The molecule has 0 aliphatic rings. The third kappa shape index (κ3) is 3.04. The molecule has 0 aliphatic heterocycles. The van der Waals surface area contributed by atoms with Gasteiger partial charge < -0.3 is 10.2 Å². The maximum Gasteiger partial charge on any atom is 0.169 e. The van der Waals surface area contributed by atoms with Crippen molar-refractivity contribution < 1.29 is 15.0 Å². The summed E-state index contributed by atoms with van der Waals surface area (Å²) >= 11 is 1.12. The topological polar surface area (TPSA) is 106 Å². The van der Waals surface area contributed by atoms with Crippen LogP contribution in [0.4, 0.5) is 0 Å². The van der Waals surface area contributed by atoms with Crippen LogP contribution in [0, 0.1) is 0 Å². The van der Waals surface area contributed by atoms with E-state index >= 15 is 0 Å². The number of carbonyl (C=O) groups excluding carboxylic acids is 1. The smallest absolute Gasteiger partial charge is 0.169 e. The van der Waals surface area contributed by atoms with E-state index in [9.17, 15) is 15.0 Å². The molecule has 0 radical (unpaired) electrons. The second-order valence-electron chi connectivity index (χ2n) is 3.18. The molecular formula is C9H11N3O3S. The summed E-state index contributed by atoms with van der Waals surface area (Å²) in [5.74, 6) is -0.0898. The number of azide groups is 1. The van der Waals surface area contributed by atoms with Gasteiger partial charge in [-0.2, -0.15) is 0 Å². The number of thiophene rings is 1. The van der Waals surface area contributed by atoms with Crippen LogP contribution in [0.2, 0.25) is 0 Å². The molecule has 0 bridgehead atoms. The van der Waals surface area contributed by atoms with Crippen LogP contribution in [-0.2, 0) is 0 Å². The molecular weight excluding hydrogens is 230 g/mol. The van der Waals surface area contributed by atoms with Gasteiger partial charge in [0.2, 0.25) is 0 Å².